The van der Waals surface area contributed by atoms with Gasteiger partial charge in [0.25, 0.3) is 11.4 Å². The largest absolute Gasteiger partial charge is 0.372 e. The van der Waals surface area contributed by atoms with Gasteiger partial charge in [0.15, 0.2) is 0 Å². The normalized spacial score (nSPS) is 25.2. The Bertz CT molecular complexity index is 1270. The molecule has 3 aromatic carbocycles. The van der Waals surface area contributed by atoms with Crippen LogP contribution >= 0.6 is 35.0 Å². The number of benzene rings is 3. The zero-order valence-corrected chi connectivity index (χ0v) is 20.0. The van der Waals surface area contributed by atoms with Crippen LogP contribution in [0.2, 0.25) is 5.02 Å². The number of rotatable bonds is 5. The lowest BCUT2D eigenvalue weighted by atomic mass is 9.77. The lowest BCUT2D eigenvalue weighted by molar-refractivity contribution is -0.387. The highest BCUT2D eigenvalue weighted by molar-refractivity contribution is 8.00. The van der Waals surface area contributed by atoms with Gasteiger partial charge >= 0.3 is 0 Å². The van der Waals surface area contributed by atoms with Gasteiger partial charge in [0.1, 0.15) is 5.69 Å². The highest BCUT2D eigenvalue weighted by Crippen LogP contribution is 2.59. The third-order valence-electron chi connectivity index (χ3n) is 6.59. The fourth-order valence-electron chi connectivity index (χ4n) is 5.15. The Kier molecular flexibility index (Phi) is 6.14. The molecule has 5 unspecified atom stereocenters. The van der Waals surface area contributed by atoms with E-state index in [1.54, 1.807) is 36.4 Å². The van der Waals surface area contributed by atoms with Crippen LogP contribution in [0.5, 0.6) is 0 Å². The number of nitrogens with one attached hydrogen (secondary N) is 1. The number of hydrogen-bond donors (Lipinski definition) is 1. The molecule has 34 heavy (non-hydrogen) atoms. The number of anilines is 1. The van der Waals surface area contributed by atoms with Crippen molar-refractivity contribution in [3.8, 4) is 0 Å². The van der Waals surface area contributed by atoms with E-state index in [4.69, 9.17) is 23.2 Å². The average molecular weight is 516 g/mol. The number of nitro groups is 2. The molecule has 0 spiro atoms. The van der Waals surface area contributed by atoms with Gasteiger partial charge in [-0.25, -0.2) is 0 Å². The van der Waals surface area contributed by atoms with Gasteiger partial charge in [0.05, 0.1) is 26.2 Å². The smallest absolute Gasteiger partial charge is 0.292 e. The molecule has 1 aliphatic heterocycles. The van der Waals surface area contributed by atoms with Crippen LogP contribution in [0.15, 0.2) is 71.6 Å². The molecule has 1 N–H and O–H groups in total. The summed E-state index contributed by atoms with van der Waals surface area (Å²) in [5.74, 6) is -0.114. The summed E-state index contributed by atoms with van der Waals surface area (Å²) in [6.45, 7) is 0. The van der Waals surface area contributed by atoms with Crippen molar-refractivity contribution in [1.29, 1.82) is 0 Å². The highest BCUT2D eigenvalue weighted by Gasteiger charge is 2.51. The number of halogens is 2. The van der Waals surface area contributed by atoms with Crippen molar-refractivity contribution < 1.29 is 9.85 Å². The van der Waals surface area contributed by atoms with Crippen molar-refractivity contribution in [2.75, 3.05) is 5.32 Å². The van der Waals surface area contributed by atoms with E-state index in [1.807, 2.05) is 18.2 Å². The summed E-state index contributed by atoms with van der Waals surface area (Å²) in [7, 11) is 0. The van der Waals surface area contributed by atoms with Gasteiger partial charge in [-0.1, -0.05) is 48.0 Å². The van der Waals surface area contributed by atoms with E-state index in [0.29, 0.717) is 22.0 Å². The van der Waals surface area contributed by atoms with Crippen molar-refractivity contribution in [2.45, 2.75) is 33.9 Å². The SMILES string of the molecule is O=[N+]([O-])c1ccccc1SC1CC2C(c3ccc(Cl)cc3)Nc3c(cccc3[N+](=O)[O-])C2C1Cl. The van der Waals surface area contributed by atoms with E-state index in [-0.39, 0.29) is 49.7 Å². The highest BCUT2D eigenvalue weighted by atomic mass is 35.5. The van der Waals surface area contributed by atoms with Crippen LogP contribution in [0.1, 0.15) is 29.5 Å². The predicted octanol–water partition coefficient (Wildman–Crippen LogP) is 7.20. The van der Waals surface area contributed by atoms with E-state index in [0.717, 1.165) is 11.1 Å². The Morgan fingerprint density at radius 2 is 1.59 bits per heavy atom. The summed E-state index contributed by atoms with van der Waals surface area (Å²) in [5, 5.41) is 26.9. The molecule has 174 valence electrons. The number of alkyl halides is 1. The molecule has 0 aromatic heterocycles. The molecule has 5 atom stereocenters. The van der Waals surface area contributed by atoms with E-state index >= 15 is 0 Å². The van der Waals surface area contributed by atoms with Gasteiger partial charge in [-0.15, -0.1) is 23.4 Å². The minimum absolute atomic E-state index is 0.00794. The molecule has 1 fully saturated rings. The number of nitro benzene ring substituents is 2. The van der Waals surface area contributed by atoms with Crippen LogP contribution in [0.25, 0.3) is 0 Å². The average Bonchev–Trinajstić information content (AvgIpc) is 3.15. The van der Waals surface area contributed by atoms with Gasteiger partial charge in [-0.05, 0) is 41.7 Å². The van der Waals surface area contributed by atoms with Gasteiger partial charge in [0.2, 0.25) is 0 Å². The Morgan fingerprint density at radius 3 is 2.29 bits per heavy atom. The Labute approximate surface area is 209 Å². The molecule has 0 saturated heterocycles. The summed E-state index contributed by atoms with van der Waals surface area (Å²) < 4.78 is 0. The second-order valence-corrected chi connectivity index (χ2v) is 10.6. The lowest BCUT2D eigenvalue weighted by Gasteiger charge is -2.38. The predicted molar refractivity (Wildman–Crippen MR) is 134 cm³/mol. The van der Waals surface area contributed by atoms with Crippen molar-refractivity contribution in [2.24, 2.45) is 5.92 Å². The topological polar surface area (TPSA) is 98.3 Å². The maximum Gasteiger partial charge on any atom is 0.292 e. The van der Waals surface area contributed by atoms with E-state index in [9.17, 15) is 20.2 Å². The first-order chi connectivity index (χ1) is 16.3. The molecule has 0 bridgehead atoms. The van der Waals surface area contributed by atoms with Crippen LogP contribution < -0.4 is 5.32 Å². The third kappa shape index (κ3) is 4.00. The summed E-state index contributed by atoms with van der Waals surface area (Å²) in [5.41, 5.74) is 2.32. The van der Waals surface area contributed by atoms with E-state index in [2.05, 4.69) is 5.32 Å². The Balaban J connectivity index is 1.57. The van der Waals surface area contributed by atoms with Crippen molar-refractivity contribution in [3.63, 3.8) is 0 Å². The molecule has 1 heterocycles. The minimum atomic E-state index is -0.386. The molecule has 0 amide bonds. The Morgan fingerprint density at radius 1 is 0.912 bits per heavy atom. The molecule has 10 heteroatoms. The molecule has 0 radical (unpaired) electrons. The van der Waals surface area contributed by atoms with Crippen LogP contribution in [0, 0.1) is 26.1 Å². The third-order valence-corrected chi connectivity index (χ3v) is 8.96. The summed E-state index contributed by atoms with van der Waals surface area (Å²) in [4.78, 5) is 23.1. The van der Waals surface area contributed by atoms with Gasteiger partial charge in [0, 0.05) is 28.3 Å². The number of thioether (sulfide) groups is 1. The van der Waals surface area contributed by atoms with E-state index < -0.39 is 0 Å². The van der Waals surface area contributed by atoms with Crippen molar-refractivity contribution in [1.82, 2.24) is 0 Å². The molecule has 1 saturated carbocycles. The summed E-state index contributed by atoms with van der Waals surface area (Å²) >= 11 is 14.6. The first-order valence-corrected chi connectivity index (χ1v) is 12.4. The second-order valence-electron chi connectivity index (χ2n) is 8.42. The van der Waals surface area contributed by atoms with Gasteiger partial charge in [-0.3, -0.25) is 20.2 Å². The molecule has 3 aromatic rings. The van der Waals surface area contributed by atoms with Crippen LogP contribution in [0.3, 0.4) is 0 Å². The molecule has 2 aliphatic rings. The van der Waals surface area contributed by atoms with Crippen LogP contribution in [-0.2, 0) is 0 Å². The Hall–Kier alpha value is -2.81. The molecular formula is C24H19Cl2N3O4S. The molecule has 1 aliphatic carbocycles. The standard InChI is InChI=1S/C24H19Cl2N3O4S/c25-14-10-8-13(9-11-14)23-16-12-20(34-19-7-2-1-5-17(19)28(30)31)22(26)21(16)15-4-3-6-18(29(32)33)24(15)27-23/h1-11,16,20-23,27H,12H2. The fraction of sp³-hybridized carbons (Fsp3) is 0.250. The first-order valence-electron chi connectivity index (χ1n) is 10.7. The zero-order valence-electron chi connectivity index (χ0n) is 17.6. The second kappa shape index (κ2) is 9.09. The number of hydrogen-bond acceptors (Lipinski definition) is 6. The van der Waals surface area contributed by atoms with Gasteiger partial charge < -0.3 is 5.32 Å². The summed E-state index contributed by atoms with van der Waals surface area (Å²) in [6.07, 6.45) is 0.692. The number of para-hydroxylation sites is 2. The van der Waals surface area contributed by atoms with E-state index in [1.165, 1.54) is 23.9 Å². The molecule has 5 rings (SSSR count). The minimum Gasteiger partial charge on any atom is -0.372 e. The van der Waals surface area contributed by atoms with Crippen LogP contribution in [0.4, 0.5) is 17.1 Å². The molecule has 7 nitrogen and oxygen atoms in total. The maximum atomic E-state index is 11.8. The van der Waals surface area contributed by atoms with Crippen molar-refractivity contribution in [3.05, 3.63) is 103 Å². The number of fused-ring (bicyclic) bond motifs is 3. The lowest BCUT2D eigenvalue weighted by Crippen LogP contribution is -2.31. The van der Waals surface area contributed by atoms with Crippen molar-refractivity contribution >= 4 is 52.0 Å². The van der Waals surface area contributed by atoms with Crippen LogP contribution in [-0.4, -0.2) is 20.5 Å². The summed E-state index contributed by atoms with van der Waals surface area (Å²) in [6, 6.07) is 18.9. The quantitative estimate of drug-likeness (QED) is 0.219. The maximum absolute atomic E-state index is 11.8. The fourth-order valence-corrected chi connectivity index (χ4v) is 7.22. The zero-order chi connectivity index (χ0) is 24.0. The van der Waals surface area contributed by atoms with Gasteiger partial charge in [-0.2, -0.15) is 0 Å². The monoisotopic (exact) mass is 515 g/mol. The molecular weight excluding hydrogens is 497 g/mol. The number of nitrogens with zero attached hydrogens (tertiary/aromatic N) is 2. The first kappa shape index (κ1) is 23.0.